The average molecular weight is 428 g/mol. The second-order valence-electron chi connectivity index (χ2n) is 6.98. The highest BCUT2D eigenvalue weighted by atomic mass is 35.5. The summed E-state index contributed by atoms with van der Waals surface area (Å²) < 4.78 is 28.7. The lowest BCUT2D eigenvalue weighted by atomic mass is 9.89. The molecule has 29 heavy (non-hydrogen) atoms. The first-order valence-electron chi connectivity index (χ1n) is 9.21. The van der Waals surface area contributed by atoms with Gasteiger partial charge in [0.1, 0.15) is 0 Å². The SMILES string of the molecule is Cc1ccc(S(=O)(=O)N[C@@H](c2ccc(Cl)cc2)[C@@H](C)C(=O)c2ccccc2)cc1. The third kappa shape index (κ3) is 5.12. The normalized spacial score (nSPS) is 13.6. The molecule has 0 aliphatic rings. The van der Waals surface area contributed by atoms with Gasteiger partial charge in [-0.05, 0) is 36.8 Å². The van der Waals surface area contributed by atoms with Crippen molar-refractivity contribution in [1.82, 2.24) is 4.72 Å². The number of nitrogens with one attached hydrogen (secondary N) is 1. The predicted molar refractivity (Wildman–Crippen MR) is 116 cm³/mol. The van der Waals surface area contributed by atoms with Crippen molar-refractivity contribution in [3.05, 3.63) is 101 Å². The van der Waals surface area contributed by atoms with Gasteiger partial charge in [0.25, 0.3) is 0 Å². The number of aryl methyl sites for hydroxylation is 1. The van der Waals surface area contributed by atoms with E-state index in [1.54, 1.807) is 79.7 Å². The lowest BCUT2D eigenvalue weighted by molar-refractivity contribution is 0.0908. The molecular weight excluding hydrogens is 406 g/mol. The summed E-state index contributed by atoms with van der Waals surface area (Å²) in [7, 11) is -3.83. The molecule has 150 valence electrons. The minimum Gasteiger partial charge on any atom is -0.294 e. The number of hydrogen-bond acceptors (Lipinski definition) is 3. The van der Waals surface area contributed by atoms with Gasteiger partial charge in [0, 0.05) is 16.5 Å². The molecule has 0 fully saturated rings. The Balaban J connectivity index is 1.98. The number of Topliss-reactive ketones (excluding diaryl/α,β-unsaturated/α-hetero) is 1. The number of sulfonamides is 1. The summed E-state index contributed by atoms with van der Waals surface area (Å²) in [5.74, 6) is -0.768. The van der Waals surface area contributed by atoms with E-state index < -0.39 is 22.0 Å². The average Bonchev–Trinajstić information content (AvgIpc) is 2.73. The lowest BCUT2D eigenvalue weighted by Crippen LogP contribution is -2.35. The Morgan fingerprint density at radius 2 is 1.48 bits per heavy atom. The molecule has 6 heteroatoms. The zero-order valence-corrected chi connectivity index (χ0v) is 17.7. The van der Waals surface area contributed by atoms with Crippen LogP contribution in [0.5, 0.6) is 0 Å². The van der Waals surface area contributed by atoms with E-state index in [9.17, 15) is 13.2 Å². The molecular formula is C23H22ClNO3S. The van der Waals surface area contributed by atoms with Gasteiger partial charge in [-0.2, -0.15) is 0 Å². The number of carbonyl (C=O) groups excluding carboxylic acids is 1. The highest BCUT2D eigenvalue weighted by molar-refractivity contribution is 7.89. The Hall–Kier alpha value is -2.47. The molecule has 3 rings (SSSR count). The van der Waals surface area contributed by atoms with Crippen molar-refractivity contribution in [1.29, 1.82) is 0 Å². The van der Waals surface area contributed by atoms with Crippen molar-refractivity contribution in [2.75, 3.05) is 0 Å². The minimum atomic E-state index is -3.83. The van der Waals surface area contributed by atoms with Gasteiger partial charge in [0.05, 0.1) is 10.9 Å². The summed E-state index contributed by atoms with van der Waals surface area (Å²) >= 11 is 5.99. The van der Waals surface area contributed by atoms with Gasteiger partial charge in [-0.25, -0.2) is 13.1 Å². The molecule has 2 atom stereocenters. The molecule has 0 spiro atoms. The van der Waals surface area contributed by atoms with E-state index in [4.69, 9.17) is 11.6 Å². The Bertz CT molecular complexity index is 1080. The van der Waals surface area contributed by atoms with E-state index in [-0.39, 0.29) is 10.7 Å². The van der Waals surface area contributed by atoms with E-state index in [1.807, 2.05) is 13.0 Å². The summed E-state index contributed by atoms with van der Waals surface area (Å²) in [5.41, 5.74) is 2.17. The van der Waals surface area contributed by atoms with Gasteiger partial charge in [-0.3, -0.25) is 4.79 Å². The molecule has 4 nitrogen and oxygen atoms in total. The maximum atomic E-state index is 13.0. The summed E-state index contributed by atoms with van der Waals surface area (Å²) in [5, 5.41) is 0.538. The second kappa shape index (κ2) is 8.91. The van der Waals surface area contributed by atoms with Crippen LogP contribution in [0.25, 0.3) is 0 Å². The first-order valence-corrected chi connectivity index (χ1v) is 11.1. The van der Waals surface area contributed by atoms with Gasteiger partial charge in [0.15, 0.2) is 5.78 Å². The quantitative estimate of drug-likeness (QED) is 0.528. The lowest BCUT2D eigenvalue weighted by Gasteiger charge is -2.25. The number of benzene rings is 3. The third-order valence-corrected chi connectivity index (χ3v) is 6.52. The predicted octanol–water partition coefficient (Wildman–Crippen LogP) is 5.19. The molecule has 3 aromatic rings. The molecule has 0 saturated carbocycles. The number of halogens is 1. The largest absolute Gasteiger partial charge is 0.294 e. The number of hydrogen-bond donors (Lipinski definition) is 1. The fraction of sp³-hybridized carbons (Fsp3) is 0.174. The molecule has 1 N–H and O–H groups in total. The molecule has 0 saturated heterocycles. The summed E-state index contributed by atoms with van der Waals surface area (Å²) in [4.78, 5) is 13.2. The molecule has 0 aromatic heterocycles. The van der Waals surface area contributed by atoms with Crippen LogP contribution in [-0.2, 0) is 10.0 Å². The molecule has 3 aromatic carbocycles. The smallest absolute Gasteiger partial charge is 0.241 e. The first kappa shape index (κ1) is 21.2. The Morgan fingerprint density at radius 3 is 2.07 bits per heavy atom. The van der Waals surface area contributed by atoms with E-state index in [2.05, 4.69) is 4.72 Å². The van der Waals surface area contributed by atoms with Crippen LogP contribution >= 0.6 is 11.6 Å². The maximum Gasteiger partial charge on any atom is 0.241 e. The van der Waals surface area contributed by atoms with Crippen molar-refractivity contribution >= 4 is 27.4 Å². The van der Waals surface area contributed by atoms with Crippen molar-refractivity contribution in [3.63, 3.8) is 0 Å². The zero-order valence-electron chi connectivity index (χ0n) is 16.2. The van der Waals surface area contributed by atoms with E-state index >= 15 is 0 Å². The molecule has 0 aliphatic carbocycles. The van der Waals surface area contributed by atoms with Gasteiger partial charge >= 0.3 is 0 Å². The van der Waals surface area contributed by atoms with Crippen LogP contribution in [0.1, 0.15) is 34.5 Å². The Morgan fingerprint density at radius 1 is 0.897 bits per heavy atom. The zero-order chi connectivity index (χ0) is 21.0. The standard InChI is InChI=1S/C23H22ClNO3S/c1-16-8-14-21(15-9-16)29(27,28)25-22(18-10-12-20(24)13-11-18)17(2)23(26)19-6-4-3-5-7-19/h3-15,17,22,25H,1-2H3/t17-,22-/m1/s1. The molecule has 0 bridgehead atoms. The Labute approximate surface area is 176 Å². The van der Waals surface area contributed by atoms with Crippen molar-refractivity contribution in [3.8, 4) is 0 Å². The number of carbonyl (C=O) groups is 1. The van der Waals surface area contributed by atoms with Crippen LogP contribution < -0.4 is 4.72 Å². The van der Waals surface area contributed by atoms with E-state index in [0.29, 0.717) is 16.1 Å². The van der Waals surface area contributed by atoms with Crippen LogP contribution in [0, 0.1) is 12.8 Å². The van der Waals surface area contributed by atoms with Gasteiger partial charge in [-0.15, -0.1) is 0 Å². The van der Waals surface area contributed by atoms with Gasteiger partial charge < -0.3 is 0 Å². The Kier molecular flexibility index (Phi) is 6.52. The highest BCUT2D eigenvalue weighted by Gasteiger charge is 2.30. The second-order valence-corrected chi connectivity index (χ2v) is 9.13. The first-order chi connectivity index (χ1) is 13.8. The summed E-state index contributed by atoms with van der Waals surface area (Å²) in [6, 6.07) is 21.5. The maximum absolute atomic E-state index is 13.0. The molecule has 0 aliphatic heterocycles. The molecule has 0 unspecified atom stereocenters. The van der Waals surface area contributed by atoms with Crippen molar-refractivity contribution in [2.24, 2.45) is 5.92 Å². The van der Waals surface area contributed by atoms with Crippen LogP contribution in [0.15, 0.2) is 83.8 Å². The van der Waals surface area contributed by atoms with Crippen LogP contribution in [0.3, 0.4) is 0 Å². The molecule has 0 radical (unpaired) electrons. The van der Waals surface area contributed by atoms with Gasteiger partial charge in [-0.1, -0.05) is 78.7 Å². The topological polar surface area (TPSA) is 63.2 Å². The van der Waals surface area contributed by atoms with Gasteiger partial charge in [0.2, 0.25) is 10.0 Å². The fourth-order valence-corrected chi connectivity index (χ4v) is 4.53. The van der Waals surface area contributed by atoms with Crippen LogP contribution in [0.2, 0.25) is 5.02 Å². The fourth-order valence-electron chi connectivity index (χ4n) is 3.10. The summed E-state index contributed by atoms with van der Waals surface area (Å²) in [6.07, 6.45) is 0. The van der Waals surface area contributed by atoms with Crippen LogP contribution in [0.4, 0.5) is 0 Å². The molecule has 0 heterocycles. The molecule has 0 amide bonds. The van der Waals surface area contributed by atoms with Crippen molar-refractivity contribution in [2.45, 2.75) is 24.8 Å². The third-order valence-electron chi connectivity index (χ3n) is 4.81. The number of rotatable bonds is 7. The highest BCUT2D eigenvalue weighted by Crippen LogP contribution is 2.28. The summed E-state index contributed by atoms with van der Waals surface area (Å²) in [6.45, 7) is 3.62. The van der Waals surface area contributed by atoms with Crippen molar-refractivity contribution < 1.29 is 13.2 Å². The minimum absolute atomic E-state index is 0.142. The monoisotopic (exact) mass is 427 g/mol. The van der Waals surface area contributed by atoms with E-state index in [0.717, 1.165) is 5.56 Å². The number of ketones is 1. The van der Waals surface area contributed by atoms with E-state index in [1.165, 1.54) is 0 Å². The van der Waals surface area contributed by atoms with Crippen LogP contribution in [-0.4, -0.2) is 14.2 Å².